The summed E-state index contributed by atoms with van der Waals surface area (Å²) in [4.78, 5) is 28.9. The van der Waals surface area contributed by atoms with Gasteiger partial charge in [-0.05, 0) is 41.8 Å². The highest BCUT2D eigenvalue weighted by molar-refractivity contribution is 7.92. The largest absolute Gasteiger partial charge is 0.497 e. The third-order valence-corrected chi connectivity index (χ3v) is 7.53. The number of nitrogens with one attached hydrogen (secondary N) is 1. The molecule has 0 spiro atoms. The highest BCUT2D eigenvalue weighted by Gasteiger charge is 2.33. The Kier molecular flexibility index (Phi) is 11.1. The normalized spacial score (nSPS) is 11.9. The van der Waals surface area contributed by atoms with Crippen LogP contribution in [-0.2, 0) is 32.6 Å². The molecule has 0 bridgehead atoms. The van der Waals surface area contributed by atoms with Crippen molar-refractivity contribution >= 4 is 27.5 Å². The number of rotatable bonds is 14. The van der Waals surface area contributed by atoms with Crippen LogP contribution in [0.1, 0.15) is 30.9 Å². The quantitative estimate of drug-likeness (QED) is 0.294. The lowest BCUT2D eigenvalue weighted by Crippen LogP contribution is -2.53. The van der Waals surface area contributed by atoms with Crippen molar-refractivity contribution in [2.24, 2.45) is 0 Å². The molecule has 214 valence electrons. The minimum absolute atomic E-state index is 0.0203. The average molecular weight is 570 g/mol. The molecule has 1 unspecified atom stereocenters. The Labute approximate surface area is 235 Å². The van der Waals surface area contributed by atoms with Gasteiger partial charge in [0.1, 0.15) is 24.2 Å². The van der Waals surface area contributed by atoms with Gasteiger partial charge >= 0.3 is 0 Å². The topological polar surface area (TPSA) is 96.0 Å². The number of sulfonamides is 1. The van der Waals surface area contributed by atoms with Gasteiger partial charge in [0.2, 0.25) is 21.8 Å². The molecular formula is C30H36FN3O5S. The molecule has 3 rings (SSSR count). The first-order valence-electron chi connectivity index (χ1n) is 13.1. The summed E-state index contributed by atoms with van der Waals surface area (Å²) in [5.74, 6) is -0.927. The number of ether oxygens (including phenoxy) is 1. The van der Waals surface area contributed by atoms with Crippen LogP contribution in [0, 0.1) is 5.82 Å². The molecule has 0 fully saturated rings. The molecule has 0 saturated carbocycles. The van der Waals surface area contributed by atoms with E-state index in [-0.39, 0.29) is 24.6 Å². The highest BCUT2D eigenvalue weighted by Crippen LogP contribution is 2.24. The number of benzene rings is 3. The average Bonchev–Trinajstić information content (AvgIpc) is 2.94. The SMILES string of the molecule is CCCCNC(=O)C(Cc1ccccc1)N(Cc1ccc(F)cc1)C(=O)CN(c1cccc(OC)c1)S(C)(=O)=O. The zero-order valence-corrected chi connectivity index (χ0v) is 23.9. The molecule has 0 aliphatic rings. The zero-order valence-electron chi connectivity index (χ0n) is 23.0. The lowest BCUT2D eigenvalue weighted by Gasteiger charge is -2.33. The van der Waals surface area contributed by atoms with E-state index in [1.165, 1.54) is 30.2 Å². The van der Waals surface area contributed by atoms with Gasteiger partial charge in [0.25, 0.3) is 0 Å². The van der Waals surface area contributed by atoms with Crippen LogP contribution in [0.3, 0.4) is 0 Å². The van der Waals surface area contributed by atoms with E-state index in [0.717, 1.165) is 29.0 Å². The summed E-state index contributed by atoms with van der Waals surface area (Å²) < 4.78 is 45.6. The molecule has 3 aromatic carbocycles. The molecule has 2 amide bonds. The van der Waals surface area contributed by atoms with Crippen LogP contribution < -0.4 is 14.4 Å². The molecule has 10 heteroatoms. The van der Waals surface area contributed by atoms with E-state index in [1.807, 2.05) is 37.3 Å². The number of carbonyl (C=O) groups is 2. The fourth-order valence-corrected chi connectivity index (χ4v) is 5.07. The number of hydrogen-bond donors (Lipinski definition) is 1. The number of carbonyl (C=O) groups excluding carboxylic acids is 2. The Morgan fingerprint density at radius 1 is 0.975 bits per heavy atom. The fourth-order valence-electron chi connectivity index (χ4n) is 4.23. The predicted molar refractivity (Wildman–Crippen MR) is 154 cm³/mol. The van der Waals surface area contributed by atoms with E-state index in [0.29, 0.717) is 17.9 Å². The van der Waals surface area contributed by atoms with Crippen molar-refractivity contribution in [3.63, 3.8) is 0 Å². The molecule has 0 heterocycles. The van der Waals surface area contributed by atoms with E-state index in [1.54, 1.807) is 30.3 Å². The lowest BCUT2D eigenvalue weighted by atomic mass is 10.0. The van der Waals surface area contributed by atoms with Gasteiger partial charge in [-0.25, -0.2) is 12.8 Å². The first-order chi connectivity index (χ1) is 19.1. The molecule has 3 aromatic rings. The number of halogens is 1. The van der Waals surface area contributed by atoms with Crippen molar-refractivity contribution in [2.75, 3.05) is 30.8 Å². The summed E-state index contributed by atoms with van der Waals surface area (Å²) >= 11 is 0. The second-order valence-corrected chi connectivity index (χ2v) is 11.4. The van der Waals surface area contributed by atoms with Gasteiger partial charge in [0, 0.05) is 25.6 Å². The van der Waals surface area contributed by atoms with Crippen LogP contribution in [-0.4, -0.2) is 57.6 Å². The zero-order chi connectivity index (χ0) is 29.1. The lowest BCUT2D eigenvalue weighted by molar-refractivity contribution is -0.140. The molecule has 0 saturated heterocycles. The van der Waals surface area contributed by atoms with E-state index >= 15 is 0 Å². The standard InChI is InChI=1S/C30H36FN3O5S/c1-4-5-18-32-30(36)28(19-23-10-7-6-8-11-23)33(21-24-14-16-25(31)17-15-24)29(35)22-34(40(3,37)38)26-12-9-13-27(20-26)39-2/h6-17,20,28H,4-5,18-19,21-22H2,1-3H3,(H,32,36). The van der Waals surface area contributed by atoms with E-state index in [4.69, 9.17) is 4.74 Å². The first kappa shape index (κ1) is 30.6. The van der Waals surface area contributed by atoms with E-state index in [9.17, 15) is 22.4 Å². The molecule has 1 atom stereocenters. The Morgan fingerprint density at radius 3 is 2.30 bits per heavy atom. The van der Waals surface area contributed by atoms with E-state index in [2.05, 4.69) is 5.32 Å². The van der Waals surface area contributed by atoms with Crippen molar-refractivity contribution in [3.8, 4) is 5.75 Å². The van der Waals surface area contributed by atoms with Gasteiger partial charge in [-0.3, -0.25) is 13.9 Å². The van der Waals surface area contributed by atoms with Gasteiger partial charge in [0.15, 0.2) is 0 Å². The summed E-state index contributed by atoms with van der Waals surface area (Å²) in [5.41, 5.74) is 1.69. The van der Waals surface area contributed by atoms with Crippen molar-refractivity contribution < 1.29 is 27.1 Å². The van der Waals surface area contributed by atoms with Gasteiger partial charge in [-0.1, -0.05) is 61.9 Å². The molecule has 1 N–H and O–H groups in total. The molecule has 0 radical (unpaired) electrons. The van der Waals surface area contributed by atoms with Crippen molar-refractivity contribution in [1.29, 1.82) is 0 Å². The summed E-state index contributed by atoms with van der Waals surface area (Å²) in [6.45, 7) is 1.89. The number of hydrogen-bond acceptors (Lipinski definition) is 5. The smallest absolute Gasteiger partial charge is 0.244 e. The summed E-state index contributed by atoms with van der Waals surface area (Å²) in [6.07, 6.45) is 2.88. The maximum atomic E-state index is 14.0. The van der Waals surface area contributed by atoms with Crippen molar-refractivity contribution in [1.82, 2.24) is 10.2 Å². The van der Waals surface area contributed by atoms with Crippen molar-refractivity contribution in [2.45, 2.75) is 38.8 Å². The molecule has 0 aliphatic carbocycles. The van der Waals surface area contributed by atoms with Crippen molar-refractivity contribution in [3.05, 3.63) is 95.8 Å². The first-order valence-corrected chi connectivity index (χ1v) is 14.9. The number of methoxy groups -OCH3 is 1. The monoisotopic (exact) mass is 569 g/mol. The van der Waals surface area contributed by atoms with Crippen LogP contribution in [0.4, 0.5) is 10.1 Å². The summed E-state index contributed by atoms with van der Waals surface area (Å²) in [5, 5.41) is 2.92. The number of amides is 2. The third-order valence-electron chi connectivity index (χ3n) is 6.39. The molecular weight excluding hydrogens is 533 g/mol. The third kappa shape index (κ3) is 8.81. The maximum Gasteiger partial charge on any atom is 0.244 e. The van der Waals surface area contributed by atoms with Gasteiger partial charge < -0.3 is 15.0 Å². The summed E-state index contributed by atoms with van der Waals surface area (Å²) in [6, 6.07) is 20.4. The van der Waals surface area contributed by atoms with Gasteiger partial charge in [0.05, 0.1) is 19.1 Å². The Hall–Kier alpha value is -3.92. The minimum Gasteiger partial charge on any atom is -0.497 e. The van der Waals surface area contributed by atoms with Crippen LogP contribution in [0.2, 0.25) is 0 Å². The number of anilines is 1. The van der Waals surface area contributed by atoms with Crippen LogP contribution in [0.25, 0.3) is 0 Å². The molecule has 0 aliphatic heterocycles. The van der Waals surface area contributed by atoms with Crippen LogP contribution in [0.15, 0.2) is 78.9 Å². The number of nitrogens with zero attached hydrogens (tertiary/aromatic N) is 2. The number of unbranched alkanes of at least 4 members (excludes halogenated alkanes) is 1. The van der Waals surface area contributed by atoms with Gasteiger partial charge in [-0.2, -0.15) is 0 Å². The van der Waals surface area contributed by atoms with Crippen LogP contribution in [0.5, 0.6) is 5.75 Å². The highest BCUT2D eigenvalue weighted by atomic mass is 32.2. The minimum atomic E-state index is -3.89. The van der Waals surface area contributed by atoms with Crippen LogP contribution >= 0.6 is 0 Å². The second-order valence-electron chi connectivity index (χ2n) is 9.47. The summed E-state index contributed by atoms with van der Waals surface area (Å²) in [7, 11) is -2.43. The van der Waals surface area contributed by atoms with Gasteiger partial charge in [-0.15, -0.1) is 0 Å². The maximum absolute atomic E-state index is 14.0. The Morgan fingerprint density at radius 2 is 1.68 bits per heavy atom. The molecule has 0 aromatic heterocycles. The predicted octanol–water partition coefficient (Wildman–Crippen LogP) is 4.16. The second kappa shape index (κ2) is 14.5. The molecule has 40 heavy (non-hydrogen) atoms. The Balaban J connectivity index is 2.03. The van der Waals surface area contributed by atoms with E-state index < -0.39 is 34.3 Å². The molecule has 8 nitrogen and oxygen atoms in total. The Bertz CT molecular complexity index is 1370. The fraction of sp³-hybridized carbons (Fsp3) is 0.333.